The summed E-state index contributed by atoms with van der Waals surface area (Å²) in [6.45, 7) is 6.37. The van der Waals surface area contributed by atoms with Gasteiger partial charge in [0, 0.05) is 18.6 Å². The Morgan fingerprint density at radius 3 is 2.53 bits per heavy atom. The maximum atomic E-state index is 6.30. The summed E-state index contributed by atoms with van der Waals surface area (Å²) in [6, 6.07) is 4.63. The number of hydrogen-bond acceptors (Lipinski definition) is 2. The van der Waals surface area contributed by atoms with Gasteiger partial charge in [-0.15, -0.1) is 0 Å². The van der Waals surface area contributed by atoms with Crippen molar-refractivity contribution in [3.05, 3.63) is 27.2 Å². The van der Waals surface area contributed by atoms with Crippen LogP contribution < -0.4 is 10.2 Å². The molecule has 0 amide bonds. The molecule has 1 N–H and O–H groups in total. The molecule has 0 bridgehead atoms. The van der Waals surface area contributed by atoms with Crippen LogP contribution in [0, 0.1) is 0 Å². The number of benzene rings is 1. The highest BCUT2D eigenvalue weighted by Crippen LogP contribution is 2.37. The summed E-state index contributed by atoms with van der Waals surface area (Å²) in [5.41, 5.74) is 0.985. The Morgan fingerprint density at radius 2 is 1.89 bits per heavy atom. The number of piperidine rings is 1. The van der Waals surface area contributed by atoms with E-state index in [2.05, 4.69) is 24.1 Å². The molecule has 0 aliphatic carbocycles. The van der Waals surface area contributed by atoms with Gasteiger partial charge in [0.15, 0.2) is 0 Å². The van der Waals surface area contributed by atoms with Crippen LogP contribution in [0.1, 0.15) is 26.7 Å². The third-order valence-electron chi connectivity index (χ3n) is 3.67. The van der Waals surface area contributed by atoms with Crippen LogP contribution in [0.5, 0.6) is 0 Å². The molecule has 1 saturated heterocycles. The normalized spacial score (nSPS) is 23.7. The van der Waals surface area contributed by atoms with Crippen molar-refractivity contribution >= 4 is 40.5 Å². The van der Waals surface area contributed by atoms with Crippen LogP contribution in [0.4, 0.5) is 5.69 Å². The molecule has 2 nitrogen and oxygen atoms in total. The Balaban J connectivity index is 2.17. The van der Waals surface area contributed by atoms with Gasteiger partial charge in [0.25, 0.3) is 0 Å². The largest absolute Gasteiger partial charge is 0.367 e. The molecule has 1 aromatic carbocycles. The van der Waals surface area contributed by atoms with Crippen molar-refractivity contribution < 1.29 is 0 Å². The first kappa shape index (κ1) is 15.2. The van der Waals surface area contributed by atoms with Gasteiger partial charge in [-0.3, -0.25) is 0 Å². The van der Waals surface area contributed by atoms with Crippen molar-refractivity contribution in [1.82, 2.24) is 5.32 Å². The van der Waals surface area contributed by atoms with Gasteiger partial charge < -0.3 is 10.2 Å². The Bertz CT molecular complexity index is 451. The van der Waals surface area contributed by atoms with Crippen molar-refractivity contribution in [3.63, 3.8) is 0 Å². The predicted molar refractivity (Wildman–Crippen MR) is 85.0 cm³/mol. The molecule has 5 heteroatoms. The molecule has 0 spiro atoms. The topological polar surface area (TPSA) is 15.3 Å². The van der Waals surface area contributed by atoms with E-state index in [4.69, 9.17) is 34.8 Å². The Labute approximate surface area is 130 Å². The summed E-state index contributed by atoms with van der Waals surface area (Å²) >= 11 is 18.4. The van der Waals surface area contributed by atoms with E-state index < -0.39 is 0 Å². The van der Waals surface area contributed by atoms with E-state index in [1.54, 1.807) is 6.07 Å². The molecule has 1 aliphatic rings. The number of halogens is 3. The van der Waals surface area contributed by atoms with Crippen LogP contribution in [-0.2, 0) is 0 Å². The molecule has 1 fully saturated rings. The monoisotopic (exact) mass is 320 g/mol. The fourth-order valence-corrected chi connectivity index (χ4v) is 3.39. The van der Waals surface area contributed by atoms with Gasteiger partial charge >= 0.3 is 0 Å². The zero-order valence-corrected chi connectivity index (χ0v) is 13.5. The highest BCUT2D eigenvalue weighted by molar-refractivity contribution is 6.44. The minimum atomic E-state index is 0.438. The molecule has 106 valence electrons. The highest BCUT2D eigenvalue weighted by Gasteiger charge is 2.26. The van der Waals surface area contributed by atoms with E-state index in [1.807, 2.05) is 6.07 Å². The van der Waals surface area contributed by atoms with E-state index in [0.717, 1.165) is 31.6 Å². The molecule has 0 radical (unpaired) electrons. The van der Waals surface area contributed by atoms with Gasteiger partial charge in [-0.1, -0.05) is 41.7 Å². The molecule has 2 unspecified atom stereocenters. The van der Waals surface area contributed by atoms with Crippen LogP contribution in [0.15, 0.2) is 12.1 Å². The summed E-state index contributed by atoms with van der Waals surface area (Å²) in [4.78, 5) is 2.32. The zero-order chi connectivity index (χ0) is 14.0. The average molecular weight is 322 g/mol. The molecule has 2 atom stereocenters. The first-order valence-electron chi connectivity index (χ1n) is 6.67. The number of nitrogens with one attached hydrogen (secondary N) is 1. The first-order chi connectivity index (χ1) is 9.02. The predicted octanol–water partition coefficient (Wildman–Crippen LogP) is 4.61. The van der Waals surface area contributed by atoms with Gasteiger partial charge in [0.2, 0.25) is 0 Å². The molecule has 19 heavy (non-hydrogen) atoms. The molecule has 0 aromatic heterocycles. The maximum absolute atomic E-state index is 6.30. The third-order valence-corrected chi connectivity index (χ3v) is 4.69. The number of anilines is 1. The Hall–Kier alpha value is -0.150. The number of hydrogen-bond donors (Lipinski definition) is 1. The second-order valence-corrected chi connectivity index (χ2v) is 6.26. The standard InChI is InChI=1S/C14H19Cl3N2/c1-3-18-10-4-5-19(9(2)6-10)14-8-12(16)11(15)7-13(14)17/h7-10,18H,3-6H2,1-2H3. The Kier molecular flexibility index (Phi) is 5.24. The third kappa shape index (κ3) is 3.49. The van der Waals surface area contributed by atoms with Crippen LogP contribution in [0.25, 0.3) is 0 Å². The van der Waals surface area contributed by atoms with Gasteiger partial charge in [-0.05, 0) is 38.4 Å². The molecule has 2 rings (SSSR count). The minimum Gasteiger partial charge on any atom is -0.367 e. The van der Waals surface area contributed by atoms with Gasteiger partial charge in [0.1, 0.15) is 0 Å². The molecule has 1 aromatic rings. The number of rotatable bonds is 3. The van der Waals surface area contributed by atoms with Crippen LogP contribution in [-0.4, -0.2) is 25.2 Å². The maximum Gasteiger partial charge on any atom is 0.0655 e. The molecule has 1 heterocycles. The lowest BCUT2D eigenvalue weighted by Gasteiger charge is -2.40. The summed E-state index contributed by atoms with van der Waals surface area (Å²) in [5, 5.41) is 5.25. The highest BCUT2D eigenvalue weighted by atomic mass is 35.5. The molecule has 0 saturated carbocycles. The fraction of sp³-hybridized carbons (Fsp3) is 0.571. The van der Waals surface area contributed by atoms with Crippen molar-refractivity contribution in [1.29, 1.82) is 0 Å². The zero-order valence-electron chi connectivity index (χ0n) is 11.2. The lowest BCUT2D eigenvalue weighted by Crippen LogP contribution is -2.47. The SMILES string of the molecule is CCNC1CCN(c2cc(Cl)c(Cl)cc2Cl)C(C)C1. The van der Waals surface area contributed by atoms with Gasteiger partial charge in [-0.25, -0.2) is 0 Å². The summed E-state index contributed by atoms with van der Waals surface area (Å²) in [7, 11) is 0. The van der Waals surface area contributed by atoms with E-state index in [-0.39, 0.29) is 0 Å². The lowest BCUT2D eigenvalue weighted by atomic mass is 9.97. The molecular formula is C14H19Cl3N2. The van der Waals surface area contributed by atoms with Crippen molar-refractivity contribution in [2.75, 3.05) is 18.0 Å². The minimum absolute atomic E-state index is 0.438. The van der Waals surface area contributed by atoms with Crippen molar-refractivity contribution in [3.8, 4) is 0 Å². The summed E-state index contributed by atoms with van der Waals surface area (Å²) in [6.07, 6.45) is 2.24. The smallest absolute Gasteiger partial charge is 0.0655 e. The van der Waals surface area contributed by atoms with E-state index in [9.17, 15) is 0 Å². The summed E-state index contributed by atoms with van der Waals surface area (Å²) in [5.74, 6) is 0. The second kappa shape index (κ2) is 6.53. The first-order valence-corrected chi connectivity index (χ1v) is 7.81. The van der Waals surface area contributed by atoms with Gasteiger partial charge in [-0.2, -0.15) is 0 Å². The van der Waals surface area contributed by atoms with Crippen LogP contribution in [0.3, 0.4) is 0 Å². The quantitative estimate of drug-likeness (QED) is 0.818. The van der Waals surface area contributed by atoms with Gasteiger partial charge in [0.05, 0.1) is 20.8 Å². The van der Waals surface area contributed by atoms with E-state index >= 15 is 0 Å². The average Bonchev–Trinajstić information content (AvgIpc) is 2.35. The van der Waals surface area contributed by atoms with E-state index in [1.165, 1.54) is 0 Å². The molecular weight excluding hydrogens is 303 g/mol. The van der Waals surface area contributed by atoms with Crippen LogP contribution in [0.2, 0.25) is 15.1 Å². The van der Waals surface area contributed by atoms with Crippen molar-refractivity contribution in [2.24, 2.45) is 0 Å². The number of nitrogens with zero attached hydrogens (tertiary/aromatic N) is 1. The second-order valence-electron chi connectivity index (χ2n) is 5.04. The lowest BCUT2D eigenvalue weighted by molar-refractivity contribution is 0.374. The summed E-state index contributed by atoms with van der Waals surface area (Å²) < 4.78 is 0. The van der Waals surface area contributed by atoms with Crippen molar-refractivity contribution in [2.45, 2.75) is 38.8 Å². The van der Waals surface area contributed by atoms with Crippen LogP contribution >= 0.6 is 34.8 Å². The Morgan fingerprint density at radius 1 is 1.21 bits per heavy atom. The molecule has 1 aliphatic heterocycles. The fourth-order valence-electron chi connectivity index (χ4n) is 2.74. The van der Waals surface area contributed by atoms with E-state index in [0.29, 0.717) is 27.2 Å².